The van der Waals surface area contributed by atoms with Crippen molar-refractivity contribution in [2.24, 2.45) is 5.92 Å². The summed E-state index contributed by atoms with van der Waals surface area (Å²) in [6, 6.07) is 6.69. The van der Waals surface area contributed by atoms with Crippen molar-refractivity contribution in [3.8, 4) is 11.6 Å². The van der Waals surface area contributed by atoms with Gasteiger partial charge in [-0.25, -0.2) is 9.37 Å². The predicted octanol–water partition coefficient (Wildman–Crippen LogP) is 2.18. The van der Waals surface area contributed by atoms with Crippen molar-refractivity contribution in [1.29, 1.82) is 0 Å². The smallest absolute Gasteiger partial charge is 0.258 e. The summed E-state index contributed by atoms with van der Waals surface area (Å²) in [5, 5.41) is 22.1. The molecule has 1 saturated carbocycles. The van der Waals surface area contributed by atoms with Crippen LogP contribution in [0.1, 0.15) is 34.8 Å². The highest BCUT2D eigenvalue weighted by molar-refractivity contribution is 5.97. The van der Waals surface area contributed by atoms with Crippen molar-refractivity contribution in [3.05, 3.63) is 53.5 Å². The van der Waals surface area contributed by atoms with Crippen molar-refractivity contribution in [3.63, 3.8) is 0 Å². The number of carbonyl (C=O) groups is 1. The fourth-order valence-corrected chi connectivity index (χ4v) is 3.02. The molecular weight excluding hydrogens is 327 g/mol. The van der Waals surface area contributed by atoms with Crippen LogP contribution in [-0.4, -0.2) is 34.3 Å². The molecule has 1 fully saturated rings. The van der Waals surface area contributed by atoms with E-state index in [0.717, 1.165) is 11.6 Å². The van der Waals surface area contributed by atoms with Crippen molar-refractivity contribution >= 4 is 5.91 Å². The molecule has 0 aliphatic heterocycles. The van der Waals surface area contributed by atoms with E-state index in [2.05, 4.69) is 10.3 Å². The fourth-order valence-electron chi connectivity index (χ4n) is 3.02. The predicted molar refractivity (Wildman–Crippen MR) is 87.8 cm³/mol. The number of carbonyl (C=O) groups excluding carboxylic acids is 1. The molecule has 1 aromatic heterocycles. The highest BCUT2D eigenvalue weighted by Gasteiger charge is 2.36. The van der Waals surface area contributed by atoms with E-state index in [9.17, 15) is 19.4 Å². The maximum absolute atomic E-state index is 13.9. The number of aliphatic hydroxyl groups is 1. The number of halogens is 1. The molecule has 6 nitrogen and oxygen atoms in total. The Morgan fingerprint density at radius 1 is 1.36 bits per heavy atom. The topological polar surface area (TPSA) is 91.7 Å². The van der Waals surface area contributed by atoms with E-state index in [1.54, 1.807) is 18.3 Å². The Balaban J connectivity index is 1.86. The van der Waals surface area contributed by atoms with Crippen molar-refractivity contribution in [2.45, 2.75) is 25.0 Å². The number of phenols is 1. The molecule has 0 radical (unpaired) electrons. The lowest BCUT2D eigenvalue weighted by molar-refractivity contribution is 0.0233. The van der Waals surface area contributed by atoms with Crippen LogP contribution >= 0.6 is 0 Å². The van der Waals surface area contributed by atoms with Crippen LogP contribution in [0.25, 0.3) is 0 Å². The van der Waals surface area contributed by atoms with Gasteiger partial charge in [0.15, 0.2) is 0 Å². The Bertz CT molecular complexity index is 740. The zero-order valence-electron chi connectivity index (χ0n) is 13.6. The molecule has 7 heteroatoms. The van der Waals surface area contributed by atoms with Crippen LogP contribution in [0.3, 0.4) is 0 Å². The molecule has 0 spiro atoms. The van der Waals surface area contributed by atoms with Crippen molar-refractivity contribution in [2.75, 3.05) is 7.11 Å². The normalized spacial score (nSPS) is 20.4. The lowest BCUT2D eigenvalue weighted by atomic mass is 9.75. The van der Waals surface area contributed by atoms with Gasteiger partial charge < -0.3 is 20.3 Å². The Morgan fingerprint density at radius 3 is 2.68 bits per heavy atom. The summed E-state index contributed by atoms with van der Waals surface area (Å²) < 4.78 is 18.9. The van der Waals surface area contributed by atoms with Crippen LogP contribution < -0.4 is 10.1 Å². The summed E-state index contributed by atoms with van der Waals surface area (Å²) in [7, 11) is 1.50. The number of methoxy groups -OCH3 is 1. The number of amides is 1. The second-order valence-corrected chi connectivity index (χ2v) is 6.10. The molecule has 1 heterocycles. The van der Waals surface area contributed by atoms with E-state index in [4.69, 9.17) is 4.74 Å². The minimum Gasteiger partial charge on any atom is -0.507 e. The van der Waals surface area contributed by atoms with Crippen LogP contribution in [0.15, 0.2) is 36.5 Å². The summed E-state index contributed by atoms with van der Waals surface area (Å²) in [4.78, 5) is 16.6. The van der Waals surface area contributed by atoms with Crippen LogP contribution in [0, 0.1) is 11.7 Å². The number of hydrogen-bond donors (Lipinski definition) is 3. The second-order valence-electron chi connectivity index (χ2n) is 6.10. The van der Waals surface area contributed by atoms with Gasteiger partial charge in [-0.1, -0.05) is 12.1 Å². The number of aliphatic hydroxyl groups excluding tert-OH is 1. The highest BCUT2D eigenvalue weighted by atomic mass is 19.1. The molecular formula is C18H19FN2O4. The van der Waals surface area contributed by atoms with Gasteiger partial charge in [0.1, 0.15) is 17.1 Å². The van der Waals surface area contributed by atoms with Gasteiger partial charge in [0.2, 0.25) is 5.88 Å². The first kappa shape index (κ1) is 17.2. The number of nitrogens with one attached hydrogen (secondary N) is 1. The number of benzene rings is 1. The van der Waals surface area contributed by atoms with E-state index < -0.39 is 35.2 Å². The molecule has 132 valence electrons. The highest BCUT2D eigenvalue weighted by Crippen LogP contribution is 2.38. The minimum atomic E-state index is -0.794. The number of hydrogen-bond acceptors (Lipinski definition) is 5. The number of pyridine rings is 1. The van der Waals surface area contributed by atoms with Gasteiger partial charge in [-0.3, -0.25) is 4.79 Å². The number of rotatable bonds is 5. The van der Waals surface area contributed by atoms with Gasteiger partial charge in [-0.15, -0.1) is 0 Å². The Labute approximate surface area is 144 Å². The van der Waals surface area contributed by atoms with Gasteiger partial charge in [-0.05, 0) is 36.5 Å². The van der Waals surface area contributed by atoms with Crippen LogP contribution in [-0.2, 0) is 0 Å². The number of aromatic hydroxyl groups is 1. The Morgan fingerprint density at radius 2 is 2.12 bits per heavy atom. The molecule has 1 aliphatic rings. The largest absolute Gasteiger partial charge is 0.507 e. The number of phenolic OH excluding ortho intramolecular Hbond substituents is 1. The van der Waals surface area contributed by atoms with E-state index in [-0.39, 0.29) is 5.92 Å². The minimum absolute atomic E-state index is 0.00283. The van der Waals surface area contributed by atoms with Crippen molar-refractivity contribution in [1.82, 2.24) is 10.3 Å². The third-order valence-corrected chi connectivity index (χ3v) is 4.45. The van der Waals surface area contributed by atoms with Gasteiger partial charge in [0.05, 0.1) is 19.3 Å². The summed E-state index contributed by atoms with van der Waals surface area (Å²) in [5.74, 6) is -1.48. The third-order valence-electron chi connectivity index (χ3n) is 4.45. The summed E-state index contributed by atoms with van der Waals surface area (Å²) >= 11 is 0. The summed E-state index contributed by atoms with van der Waals surface area (Å²) in [6.07, 6.45) is 2.23. The molecule has 3 N–H and O–H groups in total. The van der Waals surface area contributed by atoms with E-state index in [1.807, 2.05) is 0 Å². The molecule has 0 unspecified atom stereocenters. The van der Waals surface area contributed by atoms with Crippen LogP contribution in [0.2, 0.25) is 0 Å². The van der Waals surface area contributed by atoms with Gasteiger partial charge in [0.25, 0.3) is 5.91 Å². The Hall–Kier alpha value is -2.67. The third kappa shape index (κ3) is 3.56. The molecule has 1 aromatic carbocycles. The second kappa shape index (κ2) is 7.06. The first-order chi connectivity index (χ1) is 12.0. The molecule has 2 aromatic rings. The molecule has 1 atom stereocenters. The summed E-state index contributed by atoms with van der Waals surface area (Å²) in [6.45, 7) is 0. The van der Waals surface area contributed by atoms with Crippen LogP contribution in [0.4, 0.5) is 4.39 Å². The van der Waals surface area contributed by atoms with E-state index in [0.29, 0.717) is 18.7 Å². The molecule has 1 amide bonds. The molecule has 3 rings (SSSR count). The van der Waals surface area contributed by atoms with Crippen molar-refractivity contribution < 1.29 is 24.1 Å². The number of ether oxygens (including phenoxy) is 1. The SMILES string of the molecule is COc1ccc([C@@H](NC(=O)c2c(O)cccc2F)C2CC(O)C2)cn1. The molecule has 0 bridgehead atoms. The summed E-state index contributed by atoms with van der Waals surface area (Å²) in [5.41, 5.74) is 0.329. The lowest BCUT2D eigenvalue weighted by Crippen LogP contribution is -2.41. The zero-order chi connectivity index (χ0) is 18.0. The number of aromatic nitrogens is 1. The molecule has 0 saturated heterocycles. The van der Waals surface area contributed by atoms with Gasteiger partial charge in [-0.2, -0.15) is 0 Å². The van der Waals surface area contributed by atoms with E-state index in [1.165, 1.54) is 19.2 Å². The monoisotopic (exact) mass is 346 g/mol. The maximum atomic E-state index is 13.9. The quantitative estimate of drug-likeness (QED) is 0.772. The van der Waals surface area contributed by atoms with Gasteiger partial charge >= 0.3 is 0 Å². The molecule has 1 aliphatic carbocycles. The molecule has 25 heavy (non-hydrogen) atoms. The number of nitrogens with zero attached hydrogens (tertiary/aromatic N) is 1. The zero-order valence-corrected chi connectivity index (χ0v) is 13.6. The maximum Gasteiger partial charge on any atom is 0.258 e. The first-order valence-electron chi connectivity index (χ1n) is 7.96. The average Bonchev–Trinajstić information content (AvgIpc) is 2.57. The van der Waals surface area contributed by atoms with E-state index >= 15 is 0 Å². The lowest BCUT2D eigenvalue weighted by Gasteiger charge is -2.38. The first-order valence-corrected chi connectivity index (χ1v) is 7.96. The Kier molecular flexibility index (Phi) is 4.85. The standard InChI is InChI=1S/C18H19FN2O4/c1-25-15-6-5-10(9-20-15)17(11-7-12(22)8-11)21-18(24)16-13(19)3-2-4-14(16)23/h2-6,9,11-12,17,22-23H,7-8H2,1H3,(H,21,24)/t11?,12?,17-/m1/s1. The fraction of sp³-hybridized carbons (Fsp3) is 0.333. The van der Waals surface area contributed by atoms with Crippen LogP contribution in [0.5, 0.6) is 11.6 Å². The van der Waals surface area contributed by atoms with Gasteiger partial charge in [0, 0.05) is 12.3 Å². The average molecular weight is 346 g/mol.